The molecule has 0 spiro atoms. The van der Waals surface area contributed by atoms with Crippen LogP contribution in [0.2, 0.25) is 0 Å². The van der Waals surface area contributed by atoms with Crippen LogP contribution in [0, 0.1) is 30.6 Å². The molecule has 2 amide bonds. The van der Waals surface area contributed by atoms with Gasteiger partial charge in [0.1, 0.15) is 11.0 Å². The third kappa shape index (κ3) is 4.23. The summed E-state index contributed by atoms with van der Waals surface area (Å²) in [6, 6.07) is 7.00. The normalized spacial score (nSPS) is 23.5. The number of alkyl halides is 3. The Kier molecular flexibility index (Phi) is 6.24. The smallest absolute Gasteiger partial charge is 0.304 e. The van der Waals surface area contributed by atoms with E-state index in [0.717, 1.165) is 21.1 Å². The minimum absolute atomic E-state index is 0.0534. The van der Waals surface area contributed by atoms with Crippen LogP contribution < -0.4 is 5.32 Å². The number of carbonyl (C=O) groups excluding carboxylic acids is 2. The molecule has 1 saturated heterocycles. The van der Waals surface area contributed by atoms with Crippen molar-refractivity contribution in [1.82, 2.24) is 15.2 Å². The molecule has 38 heavy (non-hydrogen) atoms. The molecule has 2 atom stereocenters. The molecule has 8 nitrogen and oxygen atoms in total. The Bertz CT molecular complexity index is 1450. The lowest BCUT2D eigenvalue weighted by Gasteiger charge is -2.32. The van der Waals surface area contributed by atoms with Crippen molar-refractivity contribution in [2.75, 3.05) is 6.54 Å². The maximum atomic E-state index is 13.7. The Labute approximate surface area is 221 Å². The van der Waals surface area contributed by atoms with Crippen LogP contribution in [0.15, 0.2) is 29.2 Å². The molecule has 0 radical (unpaired) electrons. The Morgan fingerprint density at radius 3 is 2.26 bits per heavy atom. The Morgan fingerprint density at radius 2 is 1.79 bits per heavy atom. The highest BCUT2D eigenvalue weighted by atomic mass is 32.2. The fourth-order valence-corrected chi connectivity index (χ4v) is 7.63. The van der Waals surface area contributed by atoms with E-state index in [1.807, 2.05) is 19.9 Å². The van der Waals surface area contributed by atoms with Gasteiger partial charge in [0.15, 0.2) is 9.84 Å². The van der Waals surface area contributed by atoms with Crippen LogP contribution in [-0.4, -0.2) is 59.7 Å². The summed E-state index contributed by atoms with van der Waals surface area (Å²) in [5.74, 6) is -2.39. The first-order chi connectivity index (χ1) is 17.8. The van der Waals surface area contributed by atoms with E-state index in [4.69, 9.17) is 0 Å². The number of hydrogen-bond acceptors (Lipinski definition) is 8. The topological polar surface area (TPSA) is 120 Å². The van der Waals surface area contributed by atoms with Gasteiger partial charge in [-0.25, -0.2) is 13.4 Å². The van der Waals surface area contributed by atoms with Gasteiger partial charge in [0.05, 0.1) is 37.8 Å². The minimum Gasteiger partial charge on any atom is -0.304 e. The first-order valence-electron chi connectivity index (χ1n) is 12.1. The number of aromatic nitrogens is 1. The number of nitriles is 1. The quantitative estimate of drug-likeness (QED) is 0.530. The van der Waals surface area contributed by atoms with Gasteiger partial charge >= 0.3 is 6.18 Å². The van der Waals surface area contributed by atoms with Crippen molar-refractivity contribution in [3.05, 3.63) is 35.0 Å². The summed E-state index contributed by atoms with van der Waals surface area (Å²) in [6.45, 7) is 3.64. The van der Waals surface area contributed by atoms with E-state index >= 15 is 0 Å². The van der Waals surface area contributed by atoms with E-state index in [-0.39, 0.29) is 30.7 Å². The van der Waals surface area contributed by atoms with Crippen LogP contribution in [0.3, 0.4) is 0 Å². The van der Waals surface area contributed by atoms with Crippen molar-refractivity contribution in [3.63, 3.8) is 0 Å². The molecule has 2 aliphatic carbocycles. The fraction of sp³-hybridized carbons (Fsp3) is 0.520. The molecule has 0 unspecified atom stereocenters. The summed E-state index contributed by atoms with van der Waals surface area (Å²) >= 11 is 1.50. The van der Waals surface area contributed by atoms with Gasteiger partial charge in [-0.2, -0.15) is 18.4 Å². The highest BCUT2D eigenvalue weighted by Gasteiger charge is 2.72. The summed E-state index contributed by atoms with van der Waals surface area (Å²) in [7, 11) is -3.90. The lowest BCUT2D eigenvalue weighted by Crippen LogP contribution is -2.56. The number of sulfone groups is 1. The second-order valence-electron chi connectivity index (χ2n) is 10.2. The number of rotatable bonds is 6. The zero-order valence-electron chi connectivity index (χ0n) is 20.6. The number of benzene rings is 1. The predicted molar refractivity (Wildman–Crippen MR) is 132 cm³/mol. The molecule has 2 aromatic rings. The van der Waals surface area contributed by atoms with Crippen LogP contribution >= 0.6 is 11.3 Å². The number of nitrogens with one attached hydrogen (secondary N) is 1. The number of amides is 2. The standard InChI is InChI=1S/C25H25F3N4O4S2/c1-14-20(37-15(2)31-14)16-3-5-17(6-4-16)38(35,36)18-11-19(30-12-18)21(33)32(23(13-29)7-8-23)22(34)24(9-10-24)25(26,27)28/h3-6,18-19,30H,7-12H2,1-2H3/t18-,19+/m1/s1. The third-order valence-corrected chi connectivity index (χ3v) is 10.9. The molecule has 1 N–H and O–H groups in total. The maximum absolute atomic E-state index is 13.7. The van der Waals surface area contributed by atoms with Crippen LogP contribution in [0.25, 0.3) is 10.4 Å². The first kappa shape index (κ1) is 26.8. The summed E-state index contributed by atoms with van der Waals surface area (Å²) in [5.41, 5.74) is -2.61. The second kappa shape index (κ2) is 8.86. The zero-order valence-corrected chi connectivity index (χ0v) is 22.3. The van der Waals surface area contributed by atoms with Gasteiger partial charge in [-0.3, -0.25) is 14.5 Å². The molecule has 13 heteroatoms. The Hall–Kier alpha value is -2.82. The Balaban J connectivity index is 1.35. The van der Waals surface area contributed by atoms with Crippen molar-refractivity contribution in [2.45, 2.75) is 73.9 Å². The van der Waals surface area contributed by atoms with Crippen LogP contribution in [0.4, 0.5) is 13.2 Å². The van der Waals surface area contributed by atoms with Crippen molar-refractivity contribution in [1.29, 1.82) is 5.26 Å². The van der Waals surface area contributed by atoms with Crippen LogP contribution in [0.5, 0.6) is 0 Å². The van der Waals surface area contributed by atoms with Crippen molar-refractivity contribution in [2.24, 2.45) is 5.41 Å². The average molecular weight is 567 g/mol. The molecule has 1 aromatic heterocycles. The van der Waals surface area contributed by atoms with Crippen molar-refractivity contribution < 1.29 is 31.2 Å². The van der Waals surface area contributed by atoms with Crippen LogP contribution in [-0.2, 0) is 19.4 Å². The second-order valence-corrected chi connectivity index (χ2v) is 13.7. The first-order valence-corrected chi connectivity index (χ1v) is 14.5. The fourth-order valence-electron chi connectivity index (χ4n) is 5.04. The zero-order chi connectivity index (χ0) is 27.7. The van der Waals surface area contributed by atoms with Gasteiger partial charge < -0.3 is 5.32 Å². The SMILES string of the molecule is Cc1nc(C)c(-c2ccc(S(=O)(=O)[C@H]3CN[C@H](C(=O)N(C(=O)C4(C(F)(F)F)CC4)C4(C#N)CC4)C3)cc2)s1. The lowest BCUT2D eigenvalue weighted by atomic mass is 10.0. The molecule has 3 aliphatic rings. The van der Waals surface area contributed by atoms with Gasteiger partial charge in [0.2, 0.25) is 11.8 Å². The molecule has 3 fully saturated rings. The molecule has 5 rings (SSSR count). The number of hydrogen-bond donors (Lipinski definition) is 1. The van der Waals surface area contributed by atoms with Crippen molar-refractivity contribution >= 4 is 33.0 Å². The number of aryl methyl sites for hydroxylation is 2. The highest BCUT2D eigenvalue weighted by Crippen LogP contribution is 2.60. The summed E-state index contributed by atoms with van der Waals surface area (Å²) in [6.07, 6.45) is -5.76. The molecule has 0 bridgehead atoms. The minimum atomic E-state index is -4.84. The van der Waals surface area contributed by atoms with Crippen LogP contribution in [0.1, 0.15) is 42.8 Å². The molecule has 2 heterocycles. The summed E-state index contributed by atoms with van der Waals surface area (Å²) < 4.78 is 67.8. The van der Waals surface area contributed by atoms with Crippen molar-refractivity contribution in [3.8, 4) is 16.5 Å². The molecule has 2 saturated carbocycles. The van der Waals surface area contributed by atoms with Gasteiger partial charge in [0, 0.05) is 6.54 Å². The van der Waals surface area contributed by atoms with E-state index in [9.17, 15) is 36.4 Å². The highest BCUT2D eigenvalue weighted by molar-refractivity contribution is 7.92. The molecular weight excluding hydrogens is 541 g/mol. The summed E-state index contributed by atoms with van der Waals surface area (Å²) in [4.78, 5) is 32.3. The molecule has 1 aromatic carbocycles. The van der Waals surface area contributed by atoms with Gasteiger partial charge in [0.25, 0.3) is 0 Å². The number of imide groups is 1. The van der Waals surface area contributed by atoms with E-state index in [2.05, 4.69) is 10.3 Å². The number of nitrogens with zero attached hydrogens (tertiary/aromatic N) is 3. The monoisotopic (exact) mass is 566 g/mol. The van der Waals surface area contributed by atoms with Gasteiger partial charge in [-0.1, -0.05) is 12.1 Å². The molecular formula is C25H25F3N4O4S2. The van der Waals surface area contributed by atoms with E-state index in [0.29, 0.717) is 4.90 Å². The number of carbonyl (C=O) groups is 2. The van der Waals surface area contributed by atoms with E-state index in [1.54, 1.807) is 12.1 Å². The largest absolute Gasteiger partial charge is 0.403 e. The average Bonchev–Trinajstić information content (AvgIpc) is 3.76. The van der Waals surface area contributed by atoms with E-state index < -0.39 is 62.9 Å². The van der Waals surface area contributed by atoms with Gasteiger partial charge in [-0.05, 0) is 63.6 Å². The van der Waals surface area contributed by atoms with E-state index in [1.165, 1.54) is 23.5 Å². The lowest BCUT2D eigenvalue weighted by molar-refractivity contribution is -0.200. The number of thiazole rings is 1. The number of halogens is 3. The summed E-state index contributed by atoms with van der Waals surface area (Å²) in [5, 5.41) is 12.3. The van der Waals surface area contributed by atoms with Gasteiger partial charge in [-0.15, -0.1) is 11.3 Å². The molecule has 1 aliphatic heterocycles. The molecule has 202 valence electrons. The predicted octanol–water partition coefficient (Wildman–Crippen LogP) is 3.69. The maximum Gasteiger partial charge on any atom is 0.403 e. The third-order valence-electron chi connectivity index (χ3n) is 7.66. The Morgan fingerprint density at radius 1 is 1.16 bits per heavy atom.